The van der Waals surface area contributed by atoms with Gasteiger partial charge in [0, 0.05) is 102 Å². The first kappa shape index (κ1) is 103. The summed E-state index contributed by atoms with van der Waals surface area (Å²) < 4.78 is 50.2. The predicted octanol–water partition coefficient (Wildman–Crippen LogP) is 1.84. The molecule has 0 bridgehead atoms. The van der Waals surface area contributed by atoms with E-state index < -0.39 is 241 Å². The SMILES string of the molecule is CCCC[C@H]1C(=O)N2CCC[C@@H]2C(=O)N[C@@H](COC=O)C(=O)N[C@@H](C(C)C)C(=O)N(C)[C@@H](Cc2ccccc2)C(=O)N[C@@H](Cc2ccc(O)cc2)C(=O)N2CCC[C@@H]2C(=O)N[C@@H](Cc2c[nH]c3ccccc23)C(=O)N[C@@H](Cc2ccc(O)cc2)C(=O)N[C@@H](CCO)C(=O)N[C@H](C(=O)NCC(N)=O)CSCC(=O)N[C@@H](Cc2cc(F)c(F)c(F)c2)C(=O)N(C)[C@@H](Cc2ccccc2)C(=O)N1C. The fourth-order valence-corrected chi connectivity index (χ4v) is 17.5. The number of amides is 15. The van der Waals surface area contributed by atoms with Gasteiger partial charge in [-0.1, -0.05) is 137 Å². The average molecular weight is 1890 g/mol. The minimum atomic E-state index is -1.88. The Hall–Kier alpha value is -13.9. The van der Waals surface area contributed by atoms with E-state index in [4.69, 9.17) is 10.5 Å². The first-order valence-corrected chi connectivity index (χ1v) is 45.7. The Bertz CT molecular complexity index is 5370. The lowest BCUT2D eigenvalue weighted by Gasteiger charge is -2.38. The monoisotopic (exact) mass is 1890 g/mol. The predicted molar refractivity (Wildman–Crippen MR) is 488 cm³/mol. The van der Waals surface area contributed by atoms with Gasteiger partial charge in [0.05, 0.1) is 12.3 Å². The zero-order valence-corrected chi connectivity index (χ0v) is 76.4. The number of hydrogen-bond donors (Lipinski definition) is 14. The number of benzene rings is 6. The number of aliphatic hydroxyl groups is 1. The quantitative estimate of drug-likeness (QED) is 0.0303. The molecule has 6 aromatic carbocycles. The van der Waals surface area contributed by atoms with Crippen molar-refractivity contribution in [2.24, 2.45) is 11.7 Å². The average Bonchev–Trinajstić information content (AvgIpc) is 1.78. The number of rotatable bonds is 24. The summed E-state index contributed by atoms with van der Waals surface area (Å²) in [5.41, 5.74) is 7.85. The van der Waals surface area contributed by atoms with Crippen LogP contribution in [0.1, 0.15) is 106 Å². The number of ether oxygens (including phenoxy) is 1. The van der Waals surface area contributed by atoms with Gasteiger partial charge >= 0.3 is 0 Å². The van der Waals surface area contributed by atoms with Crippen molar-refractivity contribution in [2.45, 2.75) is 189 Å². The maximum absolute atomic E-state index is 15.8. The molecule has 40 heteroatoms. The van der Waals surface area contributed by atoms with Gasteiger partial charge in [0.2, 0.25) is 88.6 Å². The summed E-state index contributed by atoms with van der Waals surface area (Å²) in [5.74, 6) is -22.2. The van der Waals surface area contributed by atoms with E-state index >= 15 is 51.9 Å². The van der Waals surface area contributed by atoms with Crippen molar-refractivity contribution in [1.82, 2.24) is 77.3 Å². The summed E-state index contributed by atoms with van der Waals surface area (Å²) >= 11 is 0.634. The number of phenolic OH excluding ortho intramolecular Hbond substituents is 2. The summed E-state index contributed by atoms with van der Waals surface area (Å²) in [7, 11) is 3.80. The van der Waals surface area contributed by atoms with Crippen LogP contribution in [0.15, 0.2) is 152 Å². The number of para-hydroxylation sites is 1. The number of fused-ring (bicyclic) bond motifs is 3. The van der Waals surface area contributed by atoms with Crippen LogP contribution in [0.3, 0.4) is 0 Å². The van der Waals surface area contributed by atoms with Crippen LogP contribution in [0, 0.1) is 23.4 Å². The lowest BCUT2D eigenvalue weighted by Crippen LogP contribution is -2.62. The number of halogens is 3. The number of aliphatic hydroxyl groups excluding tert-OH is 1. The Morgan fingerprint density at radius 2 is 1.00 bits per heavy atom. The molecule has 722 valence electrons. The highest BCUT2D eigenvalue weighted by atomic mass is 32.2. The topological polar surface area (TPSA) is 509 Å². The lowest BCUT2D eigenvalue weighted by atomic mass is 9.98. The molecule has 135 heavy (non-hydrogen) atoms. The van der Waals surface area contributed by atoms with Gasteiger partial charge in [-0.3, -0.25) is 76.7 Å². The number of carbonyl (C=O) groups excluding carboxylic acids is 16. The summed E-state index contributed by atoms with van der Waals surface area (Å²) in [6, 6.07) is 15.1. The van der Waals surface area contributed by atoms with E-state index in [1.165, 1.54) is 79.5 Å². The number of aromatic amines is 1. The van der Waals surface area contributed by atoms with Crippen LogP contribution in [-0.2, 0) is 120 Å². The maximum Gasteiger partial charge on any atom is 0.293 e. The standard InChI is InChI=1S/C95H115F3N16O20S/c1-7-8-25-76-94(132)114-38-18-27-75(114)89(127)107-72(50-134-53-116)87(125)109-82(54(2)3)95(133)111(5)77(45-55-19-11-9-12-20-55)90(128)106-71(43-58-30-34-62(118)35-31-58)92(130)113-37-17-26-74(113)88(126)105-69(47-60-48-100-66-24-16-15-23-63(60)66)86(124)104-68(42-57-28-32-61(117)33-29-57)85(123)103-67(36-39-115)84(122)108-73(83(121)101-49-79(99)119)51-135-52-80(120)102-70(44-59-40-64(96)81(98)65(97)41-59)91(129)112(6)78(93(131)110(76)4)46-56-21-13-10-14-22-56/h9-16,19-24,28-35,40-41,48,53-54,67-78,82,100,115,117-118H,7-8,17-18,25-27,36-39,42-47,49-52H2,1-6H3,(H2,99,119)(H,101,121)(H,102,120)(H,103,123)(H,104,124)(H,105,126)(H,106,128)(H,107,127)(H,108,122)(H,109,125)/t67-,68-,69-,70-,71-,72-,73-,74+,75+,76-,77-,78-,82-/m0/s1. The number of carbonyl (C=O) groups is 16. The summed E-state index contributed by atoms with van der Waals surface area (Å²) in [4.78, 5) is 246. The number of thioether (sulfide) groups is 1. The number of primary amides is 1. The Kier molecular flexibility index (Phi) is 37.6. The van der Waals surface area contributed by atoms with Crippen LogP contribution in [0.5, 0.6) is 11.5 Å². The third-order valence-electron chi connectivity index (χ3n) is 24.1. The molecule has 15 amide bonds. The number of likely N-dealkylation sites (N-methyl/N-ethyl adjacent to an activating group) is 3. The van der Waals surface area contributed by atoms with Crippen LogP contribution < -0.4 is 53.6 Å². The van der Waals surface area contributed by atoms with Gasteiger partial charge in [-0.25, -0.2) is 13.2 Å². The molecule has 3 aliphatic heterocycles. The second kappa shape index (κ2) is 49.2. The molecule has 10 rings (SSSR count). The fraction of sp³-hybridized carbons (Fsp3) is 0.432. The molecule has 1 aromatic heterocycles. The zero-order chi connectivity index (χ0) is 97.9. The van der Waals surface area contributed by atoms with Gasteiger partial charge in [-0.15, -0.1) is 11.8 Å². The van der Waals surface area contributed by atoms with E-state index in [2.05, 4.69) is 52.8 Å². The zero-order valence-electron chi connectivity index (χ0n) is 75.6. The Balaban J connectivity index is 1.05. The molecule has 0 unspecified atom stereocenters. The molecule has 3 aliphatic rings. The molecule has 0 spiro atoms. The van der Waals surface area contributed by atoms with Crippen molar-refractivity contribution >= 4 is 118 Å². The Morgan fingerprint density at radius 3 is 1.57 bits per heavy atom. The van der Waals surface area contributed by atoms with Crippen molar-refractivity contribution in [3.05, 3.63) is 203 Å². The van der Waals surface area contributed by atoms with Gasteiger partial charge in [-0.2, -0.15) is 0 Å². The molecule has 3 saturated heterocycles. The number of nitrogens with one attached hydrogen (secondary N) is 10. The summed E-state index contributed by atoms with van der Waals surface area (Å²) in [5, 5.41) is 55.5. The van der Waals surface area contributed by atoms with E-state index in [1.54, 1.807) is 105 Å². The molecule has 0 saturated carbocycles. The molecular formula is C95H115F3N16O20S. The number of aromatic nitrogens is 1. The van der Waals surface area contributed by atoms with Crippen LogP contribution in [0.25, 0.3) is 10.9 Å². The normalized spacial score (nSPS) is 23.3. The number of aromatic hydroxyl groups is 2. The van der Waals surface area contributed by atoms with Crippen LogP contribution in [0.2, 0.25) is 0 Å². The molecule has 3 fully saturated rings. The highest BCUT2D eigenvalue weighted by Crippen LogP contribution is 2.29. The van der Waals surface area contributed by atoms with Crippen molar-refractivity contribution in [1.29, 1.82) is 0 Å². The van der Waals surface area contributed by atoms with E-state index in [0.29, 0.717) is 75.5 Å². The molecule has 0 radical (unpaired) electrons. The summed E-state index contributed by atoms with van der Waals surface area (Å²) in [6.07, 6.45) is -0.104. The van der Waals surface area contributed by atoms with E-state index in [-0.39, 0.29) is 94.4 Å². The van der Waals surface area contributed by atoms with Crippen molar-refractivity contribution in [3.8, 4) is 11.5 Å². The smallest absolute Gasteiger partial charge is 0.293 e. The molecule has 15 N–H and O–H groups in total. The van der Waals surface area contributed by atoms with Crippen molar-refractivity contribution < 1.29 is 110 Å². The molecule has 7 aromatic rings. The number of unbranched alkanes of at least 4 members (excludes halogenated alkanes) is 1. The molecule has 36 nitrogen and oxygen atoms in total. The van der Waals surface area contributed by atoms with Crippen molar-refractivity contribution in [3.63, 3.8) is 0 Å². The molecule has 0 aliphatic carbocycles. The highest BCUT2D eigenvalue weighted by molar-refractivity contribution is 8.00. The Labute approximate surface area is 781 Å². The number of nitrogens with zero attached hydrogens (tertiary/aromatic N) is 5. The second-order valence-electron chi connectivity index (χ2n) is 34.0. The van der Waals surface area contributed by atoms with E-state index in [9.17, 15) is 53.3 Å². The number of hydrogen-bond acceptors (Lipinski definition) is 21. The number of H-pyrrole nitrogens is 1. The highest BCUT2D eigenvalue weighted by Gasteiger charge is 2.46. The molecule has 13 atom stereocenters. The molecule has 4 heterocycles. The lowest BCUT2D eigenvalue weighted by molar-refractivity contribution is -0.152. The van der Waals surface area contributed by atoms with Gasteiger partial charge < -0.3 is 103 Å². The van der Waals surface area contributed by atoms with E-state index in [1.807, 2.05) is 6.92 Å². The molecular weight excluding hydrogens is 1770 g/mol. The maximum atomic E-state index is 15.8. The third-order valence-corrected chi connectivity index (χ3v) is 25.1. The minimum absolute atomic E-state index is 0.00655. The minimum Gasteiger partial charge on any atom is -0.508 e. The van der Waals surface area contributed by atoms with Crippen LogP contribution in [0.4, 0.5) is 13.2 Å². The van der Waals surface area contributed by atoms with Gasteiger partial charge in [-0.05, 0) is 120 Å². The van der Waals surface area contributed by atoms with Gasteiger partial charge in [0.1, 0.15) is 96.6 Å². The first-order chi connectivity index (χ1) is 64.6. The van der Waals surface area contributed by atoms with Crippen LogP contribution >= 0.6 is 11.8 Å². The Morgan fingerprint density at radius 1 is 0.519 bits per heavy atom. The van der Waals surface area contributed by atoms with Crippen molar-refractivity contribution in [2.75, 3.05) is 65.5 Å². The second-order valence-corrected chi connectivity index (χ2v) is 35.1. The van der Waals surface area contributed by atoms with E-state index in [0.717, 1.165) is 14.7 Å². The summed E-state index contributed by atoms with van der Waals surface area (Å²) in [6.45, 7) is 2.40. The number of phenols is 2. The van der Waals surface area contributed by atoms with Gasteiger partial charge in [0.15, 0.2) is 17.5 Å². The van der Waals surface area contributed by atoms with Crippen LogP contribution in [-0.4, -0.2) is 284 Å². The first-order valence-electron chi connectivity index (χ1n) is 44.5. The largest absolute Gasteiger partial charge is 0.508 e. The third kappa shape index (κ3) is 28.1. The van der Waals surface area contributed by atoms with Gasteiger partial charge in [0.25, 0.3) is 6.47 Å². The fourth-order valence-electron chi connectivity index (χ4n) is 16.6. The number of nitrogens with two attached hydrogens (primary N) is 1.